The Labute approximate surface area is 261 Å². The van der Waals surface area contributed by atoms with Gasteiger partial charge in [0.1, 0.15) is 0 Å². The maximum atomic E-state index is 2.53. The van der Waals surface area contributed by atoms with Crippen LogP contribution in [0, 0.1) is 0 Å². The fraction of sp³-hybridized carbons (Fsp3) is 0.163. The second-order valence-electron chi connectivity index (χ2n) is 11.9. The van der Waals surface area contributed by atoms with Crippen LogP contribution in [-0.4, -0.2) is 4.57 Å². The maximum Gasteiger partial charge on any atom is 0.0701 e. The van der Waals surface area contributed by atoms with E-state index in [0.29, 0.717) is 0 Å². The van der Waals surface area contributed by atoms with Crippen LogP contribution >= 0.6 is 0 Å². The fourth-order valence-electron chi connectivity index (χ4n) is 7.15. The van der Waals surface area contributed by atoms with E-state index >= 15 is 0 Å². The molecule has 7 rings (SSSR count). The number of fused-ring (bicyclic) bond motifs is 3. The summed E-state index contributed by atoms with van der Waals surface area (Å²) >= 11 is 0. The van der Waals surface area contributed by atoms with E-state index in [-0.39, 0.29) is 0 Å². The number of unbranched alkanes of at least 4 members (excludes halogenated alkanes) is 3. The zero-order valence-electron chi connectivity index (χ0n) is 25.5. The zero-order chi connectivity index (χ0) is 29.8. The molecule has 1 nitrogen and oxygen atoms in total. The summed E-state index contributed by atoms with van der Waals surface area (Å²) in [5.74, 6) is 0. The Bertz CT molecular complexity index is 1870. The Balaban J connectivity index is 1.34. The van der Waals surface area contributed by atoms with Gasteiger partial charge in [0, 0.05) is 28.4 Å². The molecular weight excluding hydrogens is 530 g/mol. The van der Waals surface area contributed by atoms with Crippen LogP contribution in [0.3, 0.4) is 0 Å². The summed E-state index contributed by atoms with van der Waals surface area (Å²) in [6.45, 7) is 3.35. The Morgan fingerprint density at radius 3 is 1.52 bits per heavy atom. The number of hydrogen-bond acceptors (Lipinski definition) is 0. The third-order valence-electron chi connectivity index (χ3n) is 9.28. The lowest BCUT2D eigenvalue weighted by Gasteiger charge is -2.37. The summed E-state index contributed by atoms with van der Waals surface area (Å²) in [6.07, 6.45) is 5.07. The fourth-order valence-corrected chi connectivity index (χ4v) is 7.15. The zero-order valence-corrected chi connectivity index (χ0v) is 25.5. The Morgan fingerprint density at radius 1 is 0.432 bits per heavy atom. The number of benzene rings is 6. The standard InChI is InChI=1S/C43H39N/c1-2-3-4-16-31-44-41-24-15-14-23-39(41)40-32-34(27-30-42(40)44)33-25-28-38(29-26-33)43(35-17-8-5-9-18-35,36-19-10-6-11-20-36)37-21-12-7-13-22-37/h5-15,17-30,32H,2-4,16,31H2,1H3. The van der Waals surface area contributed by atoms with Crippen molar-refractivity contribution >= 4 is 21.8 Å². The van der Waals surface area contributed by atoms with Crippen LogP contribution in [0.15, 0.2) is 158 Å². The van der Waals surface area contributed by atoms with Gasteiger partial charge in [0.15, 0.2) is 0 Å². The molecule has 216 valence electrons. The first kappa shape index (κ1) is 27.9. The predicted molar refractivity (Wildman–Crippen MR) is 187 cm³/mol. The molecule has 0 saturated carbocycles. The number of aryl methyl sites for hydroxylation is 1. The lowest BCUT2D eigenvalue weighted by Crippen LogP contribution is -2.30. The van der Waals surface area contributed by atoms with Crippen LogP contribution in [0.25, 0.3) is 32.9 Å². The summed E-state index contributed by atoms with van der Waals surface area (Å²) in [7, 11) is 0. The molecule has 0 bridgehead atoms. The molecule has 7 aromatic rings. The van der Waals surface area contributed by atoms with Crippen molar-refractivity contribution in [2.75, 3.05) is 0 Å². The Morgan fingerprint density at radius 2 is 0.932 bits per heavy atom. The molecule has 44 heavy (non-hydrogen) atoms. The van der Waals surface area contributed by atoms with Crippen molar-refractivity contribution in [2.45, 2.75) is 44.6 Å². The van der Waals surface area contributed by atoms with E-state index in [4.69, 9.17) is 0 Å². The monoisotopic (exact) mass is 569 g/mol. The summed E-state index contributed by atoms with van der Waals surface area (Å²) in [6, 6.07) is 58.0. The van der Waals surface area contributed by atoms with Crippen molar-refractivity contribution in [3.63, 3.8) is 0 Å². The summed E-state index contributed by atoms with van der Waals surface area (Å²) in [5, 5.41) is 2.68. The molecule has 0 aliphatic heterocycles. The first-order valence-electron chi connectivity index (χ1n) is 16.1. The molecule has 0 amide bonds. The normalized spacial score (nSPS) is 11.8. The summed E-state index contributed by atoms with van der Waals surface area (Å²) in [5.41, 5.74) is 9.77. The maximum absolute atomic E-state index is 2.53. The minimum absolute atomic E-state index is 0.433. The van der Waals surface area contributed by atoms with E-state index in [2.05, 4.69) is 169 Å². The second-order valence-corrected chi connectivity index (χ2v) is 11.9. The van der Waals surface area contributed by atoms with E-state index in [1.807, 2.05) is 0 Å². The molecule has 0 atom stereocenters. The van der Waals surface area contributed by atoms with E-state index in [1.165, 1.54) is 80.9 Å². The van der Waals surface area contributed by atoms with Crippen LogP contribution in [0.1, 0.15) is 54.9 Å². The van der Waals surface area contributed by atoms with Crippen molar-refractivity contribution in [1.29, 1.82) is 0 Å². The van der Waals surface area contributed by atoms with Crippen molar-refractivity contribution in [1.82, 2.24) is 4.57 Å². The van der Waals surface area contributed by atoms with Gasteiger partial charge in [0.2, 0.25) is 0 Å². The number of rotatable bonds is 10. The summed E-state index contributed by atoms with van der Waals surface area (Å²) in [4.78, 5) is 0. The Hall–Kier alpha value is -4.88. The van der Waals surface area contributed by atoms with Crippen LogP contribution in [0.5, 0.6) is 0 Å². The molecule has 0 aliphatic rings. The summed E-state index contributed by atoms with van der Waals surface area (Å²) < 4.78 is 2.53. The molecule has 0 unspecified atom stereocenters. The second kappa shape index (κ2) is 12.4. The van der Waals surface area contributed by atoms with E-state index in [0.717, 1.165) is 6.54 Å². The van der Waals surface area contributed by atoms with Gasteiger partial charge in [-0.3, -0.25) is 0 Å². The van der Waals surface area contributed by atoms with Gasteiger partial charge in [-0.2, -0.15) is 0 Å². The van der Waals surface area contributed by atoms with Crippen LogP contribution in [0.2, 0.25) is 0 Å². The van der Waals surface area contributed by atoms with Gasteiger partial charge in [0.05, 0.1) is 5.41 Å². The van der Waals surface area contributed by atoms with Crippen molar-refractivity contribution in [3.8, 4) is 11.1 Å². The molecule has 0 spiro atoms. The predicted octanol–water partition coefficient (Wildman–Crippen LogP) is 11.4. The SMILES string of the molecule is CCCCCCn1c2ccccc2c2cc(-c3ccc(C(c4ccccc4)(c4ccccc4)c4ccccc4)cc3)ccc21. The first-order chi connectivity index (χ1) is 21.8. The third kappa shape index (κ3) is 4.93. The largest absolute Gasteiger partial charge is 0.340 e. The van der Waals surface area contributed by atoms with Crippen LogP contribution in [0.4, 0.5) is 0 Å². The van der Waals surface area contributed by atoms with Gasteiger partial charge in [-0.25, -0.2) is 0 Å². The molecule has 1 heteroatoms. The van der Waals surface area contributed by atoms with Gasteiger partial charge in [0.25, 0.3) is 0 Å². The van der Waals surface area contributed by atoms with Gasteiger partial charge in [-0.05, 0) is 58.0 Å². The van der Waals surface area contributed by atoms with Crippen LogP contribution in [-0.2, 0) is 12.0 Å². The minimum atomic E-state index is -0.433. The van der Waals surface area contributed by atoms with Gasteiger partial charge < -0.3 is 4.57 Å². The quantitative estimate of drug-likeness (QED) is 0.114. The highest BCUT2D eigenvalue weighted by Gasteiger charge is 2.38. The number of aromatic nitrogens is 1. The number of nitrogens with zero attached hydrogens (tertiary/aromatic N) is 1. The molecule has 0 saturated heterocycles. The van der Waals surface area contributed by atoms with Gasteiger partial charge >= 0.3 is 0 Å². The Kier molecular flexibility index (Phi) is 7.86. The first-order valence-corrected chi connectivity index (χ1v) is 16.1. The smallest absolute Gasteiger partial charge is 0.0701 e. The molecule has 0 N–H and O–H groups in total. The molecular formula is C43H39N. The average Bonchev–Trinajstić information content (AvgIpc) is 3.41. The highest BCUT2D eigenvalue weighted by molar-refractivity contribution is 6.09. The molecule has 0 radical (unpaired) electrons. The van der Waals surface area contributed by atoms with E-state index < -0.39 is 5.41 Å². The third-order valence-corrected chi connectivity index (χ3v) is 9.28. The van der Waals surface area contributed by atoms with Crippen molar-refractivity contribution in [3.05, 3.63) is 180 Å². The molecule has 6 aromatic carbocycles. The highest BCUT2D eigenvalue weighted by atomic mass is 15.0. The lowest BCUT2D eigenvalue weighted by molar-refractivity contribution is 0.602. The number of hydrogen-bond donors (Lipinski definition) is 0. The van der Waals surface area contributed by atoms with E-state index in [1.54, 1.807) is 0 Å². The average molecular weight is 570 g/mol. The van der Waals surface area contributed by atoms with E-state index in [9.17, 15) is 0 Å². The lowest BCUT2D eigenvalue weighted by atomic mass is 9.65. The van der Waals surface area contributed by atoms with Crippen molar-refractivity contribution in [2.24, 2.45) is 0 Å². The minimum Gasteiger partial charge on any atom is -0.340 e. The molecule has 1 aromatic heterocycles. The van der Waals surface area contributed by atoms with Crippen LogP contribution < -0.4 is 0 Å². The highest BCUT2D eigenvalue weighted by Crippen LogP contribution is 2.45. The molecule has 1 heterocycles. The van der Waals surface area contributed by atoms with Crippen molar-refractivity contribution < 1.29 is 0 Å². The topological polar surface area (TPSA) is 4.93 Å². The number of para-hydroxylation sites is 1. The van der Waals surface area contributed by atoms with Gasteiger partial charge in [-0.15, -0.1) is 0 Å². The van der Waals surface area contributed by atoms with Gasteiger partial charge in [-0.1, -0.05) is 166 Å². The molecule has 0 aliphatic carbocycles. The molecule has 0 fully saturated rings.